The van der Waals surface area contributed by atoms with Gasteiger partial charge in [0.25, 0.3) is 0 Å². The van der Waals surface area contributed by atoms with Crippen molar-refractivity contribution in [3.63, 3.8) is 0 Å². The number of rotatable bonds is 4. The van der Waals surface area contributed by atoms with Gasteiger partial charge in [-0.25, -0.2) is 4.39 Å². The van der Waals surface area contributed by atoms with Gasteiger partial charge in [0.15, 0.2) is 0 Å². The van der Waals surface area contributed by atoms with E-state index in [9.17, 15) is 4.39 Å². The molecule has 1 aliphatic rings. The molecule has 1 aromatic carbocycles. The molecule has 0 aliphatic heterocycles. The molecule has 2 rings (SSSR count). The third-order valence-corrected chi connectivity index (χ3v) is 4.63. The smallest absolute Gasteiger partial charge is 0.137 e. The molecule has 100 valence electrons. The first-order chi connectivity index (χ1) is 8.70. The van der Waals surface area contributed by atoms with E-state index in [0.29, 0.717) is 10.5 Å². The summed E-state index contributed by atoms with van der Waals surface area (Å²) in [7, 11) is 0. The zero-order valence-electron chi connectivity index (χ0n) is 10.9. The summed E-state index contributed by atoms with van der Waals surface area (Å²) in [5.41, 5.74) is 1.02. The average Bonchev–Trinajstić information content (AvgIpc) is 2.40. The molecule has 3 heteroatoms. The zero-order chi connectivity index (χ0) is 13.0. The Labute approximate surface area is 117 Å². The predicted octanol–water partition coefficient (Wildman–Crippen LogP) is 4.65. The molecule has 0 amide bonds. The summed E-state index contributed by atoms with van der Waals surface area (Å²) in [6.07, 6.45) is 6.53. The molecule has 1 fully saturated rings. The lowest BCUT2D eigenvalue weighted by Crippen LogP contribution is -2.37. The molecule has 2 atom stereocenters. The number of nitrogens with one attached hydrogen (secondary N) is 1. The summed E-state index contributed by atoms with van der Waals surface area (Å²) in [6, 6.07) is 5.98. The van der Waals surface area contributed by atoms with E-state index in [-0.39, 0.29) is 5.82 Å². The molecule has 0 radical (unpaired) electrons. The Morgan fingerprint density at radius 3 is 2.83 bits per heavy atom. The average molecular weight is 314 g/mol. The Morgan fingerprint density at radius 2 is 2.11 bits per heavy atom. The molecule has 2 unspecified atom stereocenters. The van der Waals surface area contributed by atoms with Gasteiger partial charge in [0.2, 0.25) is 0 Å². The highest BCUT2D eigenvalue weighted by atomic mass is 79.9. The fraction of sp³-hybridized carbons (Fsp3) is 0.600. The maximum absolute atomic E-state index is 13.4. The lowest BCUT2D eigenvalue weighted by molar-refractivity contribution is 0.254. The summed E-state index contributed by atoms with van der Waals surface area (Å²) in [5.74, 6) is 0.615. The molecule has 1 aliphatic carbocycles. The molecular weight excluding hydrogens is 293 g/mol. The Bertz CT molecular complexity index is 394. The third-order valence-electron chi connectivity index (χ3n) is 3.99. The number of hydrogen-bond acceptors (Lipinski definition) is 1. The van der Waals surface area contributed by atoms with E-state index in [1.807, 2.05) is 6.07 Å². The first-order valence-corrected chi connectivity index (χ1v) is 7.67. The van der Waals surface area contributed by atoms with Crippen molar-refractivity contribution >= 4 is 15.9 Å². The quantitative estimate of drug-likeness (QED) is 0.853. The van der Waals surface area contributed by atoms with Crippen LogP contribution in [-0.2, 0) is 6.54 Å². The van der Waals surface area contributed by atoms with Gasteiger partial charge in [-0.15, -0.1) is 0 Å². The minimum absolute atomic E-state index is 0.176. The van der Waals surface area contributed by atoms with Crippen LogP contribution >= 0.6 is 15.9 Å². The van der Waals surface area contributed by atoms with E-state index in [0.717, 1.165) is 18.0 Å². The zero-order valence-corrected chi connectivity index (χ0v) is 12.5. The van der Waals surface area contributed by atoms with E-state index >= 15 is 0 Å². The van der Waals surface area contributed by atoms with Crippen LogP contribution in [0.5, 0.6) is 0 Å². The molecule has 0 heterocycles. The van der Waals surface area contributed by atoms with Crippen molar-refractivity contribution in [1.82, 2.24) is 5.32 Å². The van der Waals surface area contributed by atoms with Crippen molar-refractivity contribution in [1.29, 1.82) is 0 Å². The highest BCUT2D eigenvalue weighted by molar-refractivity contribution is 9.10. The topological polar surface area (TPSA) is 12.0 Å². The summed E-state index contributed by atoms with van der Waals surface area (Å²) < 4.78 is 14.0. The van der Waals surface area contributed by atoms with Crippen LogP contribution < -0.4 is 5.32 Å². The number of halogens is 2. The second-order valence-corrected chi connectivity index (χ2v) is 6.04. The third kappa shape index (κ3) is 3.55. The predicted molar refractivity (Wildman–Crippen MR) is 77.0 cm³/mol. The second kappa shape index (κ2) is 6.67. The van der Waals surface area contributed by atoms with Crippen LogP contribution in [0.2, 0.25) is 0 Å². The monoisotopic (exact) mass is 313 g/mol. The first-order valence-electron chi connectivity index (χ1n) is 6.88. The van der Waals surface area contributed by atoms with E-state index in [1.54, 1.807) is 12.1 Å². The largest absolute Gasteiger partial charge is 0.310 e. The van der Waals surface area contributed by atoms with Crippen molar-refractivity contribution in [3.05, 3.63) is 34.1 Å². The lowest BCUT2D eigenvalue weighted by atomic mass is 9.83. The minimum Gasteiger partial charge on any atom is -0.310 e. The second-order valence-electron chi connectivity index (χ2n) is 5.19. The highest BCUT2D eigenvalue weighted by Crippen LogP contribution is 2.27. The van der Waals surface area contributed by atoms with Gasteiger partial charge in [0.1, 0.15) is 5.82 Å². The lowest BCUT2D eigenvalue weighted by Gasteiger charge is -2.31. The molecule has 1 nitrogen and oxygen atoms in total. The summed E-state index contributed by atoms with van der Waals surface area (Å²) >= 11 is 3.18. The van der Waals surface area contributed by atoms with Crippen LogP contribution in [0.3, 0.4) is 0 Å². The van der Waals surface area contributed by atoms with Crippen LogP contribution in [0.1, 0.15) is 44.6 Å². The van der Waals surface area contributed by atoms with Crippen LogP contribution in [-0.4, -0.2) is 6.04 Å². The van der Waals surface area contributed by atoms with Crippen molar-refractivity contribution < 1.29 is 4.39 Å². The maximum Gasteiger partial charge on any atom is 0.137 e. The first kappa shape index (κ1) is 14.0. The number of benzene rings is 1. The molecular formula is C15H21BrFN. The molecule has 1 saturated carbocycles. The number of hydrogen-bond donors (Lipinski definition) is 1. The molecule has 0 bridgehead atoms. The van der Waals surface area contributed by atoms with Gasteiger partial charge in [-0.3, -0.25) is 0 Å². The molecule has 1 N–H and O–H groups in total. The van der Waals surface area contributed by atoms with E-state index < -0.39 is 0 Å². The van der Waals surface area contributed by atoms with Gasteiger partial charge in [0, 0.05) is 12.6 Å². The van der Waals surface area contributed by atoms with E-state index in [2.05, 4.69) is 28.2 Å². The highest BCUT2D eigenvalue weighted by Gasteiger charge is 2.22. The fourth-order valence-corrected chi connectivity index (χ4v) is 3.11. The SMILES string of the molecule is CCC1CCCCC1NCc1ccc(Br)c(F)c1. The minimum atomic E-state index is -0.176. The van der Waals surface area contributed by atoms with Gasteiger partial charge >= 0.3 is 0 Å². The summed E-state index contributed by atoms with van der Waals surface area (Å²) in [6.45, 7) is 3.04. The Balaban J connectivity index is 1.91. The van der Waals surface area contributed by atoms with Crippen LogP contribution in [0, 0.1) is 11.7 Å². The normalized spacial score (nSPS) is 24.2. The Morgan fingerprint density at radius 1 is 1.33 bits per heavy atom. The van der Waals surface area contributed by atoms with Crippen molar-refractivity contribution in [2.45, 2.75) is 51.6 Å². The molecule has 0 aromatic heterocycles. The van der Waals surface area contributed by atoms with Crippen molar-refractivity contribution in [2.24, 2.45) is 5.92 Å². The van der Waals surface area contributed by atoms with Gasteiger partial charge in [0.05, 0.1) is 4.47 Å². The standard InChI is InChI=1S/C15H21BrFN/c1-2-12-5-3-4-6-15(12)18-10-11-7-8-13(16)14(17)9-11/h7-9,12,15,18H,2-6,10H2,1H3. The molecule has 0 spiro atoms. The maximum atomic E-state index is 13.4. The molecule has 1 aromatic rings. The van der Waals surface area contributed by atoms with Gasteiger partial charge in [-0.1, -0.05) is 32.3 Å². The van der Waals surface area contributed by atoms with E-state index in [1.165, 1.54) is 32.1 Å². The van der Waals surface area contributed by atoms with Crippen LogP contribution in [0.4, 0.5) is 4.39 Å². The fourth-order valence-electron chi connectivity index (χ4n) is 2.86. The van der Waals surface area contributed by atoms with Crippen molar-refractivity contribution in [3.8, 4) is 0 Å². The van der Waals surface area contributed by atoms with E-state index in [4.69, 9.17) is 0 Å². The van der Waals surface area contributed by atoms with Crippen LogP contribution in [0.25, 0.3) is 0 Å². The molecule has 18 heavy (non-hydrogen) atoms. The van der Waals surface area contributed by atoms with Gasteiger partial charge in [-0.05, 0) is 52.4 Å². The Hall–Kier alpha value is -0.410. The molecule has 0 saturated heterocycles. The van der Waals surface area contributed by atoms with Gasteiger partial charge < -0.3 is 5.32 Å². The summed E-state index contributed by atoms with van der Waals surface area (Å²) in [5, 5.41) is 3.60. The van der Waals surface area contributed by atoms with Crippen LogP contribution in [0.15, 0.2) is 22.7 Å². The summed E-state index contributed by atoms with van der Waals surface area (Å²) in [4.78, 5) is 0. The van der Waals surface area contributed by atoms with Gasteiger partial charge in [-0.2, -0.15) is 0 Å². The van der Waals surface area contributed by atoms with Crippen molar-refractivity contribution in [2.75, 3.05) is 0 Å². The Kier molecular flexibility index (Phi) is 5.19.